The van der Waals surface area contributed by atoms with Gasteiger partial charge in [-0.05, 0) is 31.7 Å². The standard InChI is InChI=1S/C11H17FN2/c1-9(14(2)8-7-13)10-3-5-11(12)6-4-10/h3-6,9H,7-8,13H2,1-2H3. The molecular formula is C11H17FN2. The molecule has 0 heterocycles. The van der Waals surface area contributed by atoms with Crippen molar-refractivity contribution >= 4 is 0 Å². The van der Waals surface area contributed by atoms with E-state index in [-0.39, 0.29) is 11.9 Å². The highest BCUT2D eigenvalue weighted by molar-refractivity contribution is 5.19. The maximum Gasteiger partial charge on any atom is 0.123 e. The van der Waals surface area contributed by atoms with E-state index in [1.807, 2.05) is 19.2 Å². The van der Waals surface area contributed by atoms with Crippen molar-refractivity contribution in [2.24, 2.45) is 5.73 Å². The average molecular weight is 196 g/mol. The van der Waals surface area contributed by atoms with Crippen LogP contribution < -0.4 is 5.73 Å². The number of halogens is 1. The number of benzene rings is 1. The molecule has 0 spiro atoms. The molecule has 1 rings (SSSR count). The van der Waals surface area contributed by atoms with E-state index in [0.717, 1.165) is 12.1 Å². The zero-order chi connectivity index (χ0) is 10.6. The fourth-order valence-electron chi connectivity index (χ4n) is 1.39. The second-order valence-electron chi connectivity index (χ2n) is 3.50. The van der Waals surface area contributed by atoms with Gasteiger partial charge in [-0.2, -0.15) is 0 Å². The van der Waals surface area contributed by atoms with Crippen LogP contribution in [0.4, 0.5) is 4.39 Å². The van der Waals surface area contributed by atoms with Gasteiger partial charge in [0.05, 0.1) is 0 Å². The molecule has 0 saturated carbocycles. The van der Waals surface area contributed by atoms with E-state index in [1.165, 1.54) is 12.1 Å². The fourth-order valence-corrected chi connectivity index (χ4v) is 1.39. The SMILES string of the molecule is CC(c1ccc(F)cc1)N(C)CCN. The molecule has 0 fully saturated rings. The first-order valence-electron chi connectivity index (χ1n) is 4.81. The summed E-state index contributed by atoms with van der Waals surface area (Å²) < 4.78 is 12.7. The largest absolute Gasteiger partial charge is 0.329 e. The molecule has 0 saturated heterocycles. The highest BCUT2D eigenvalue weighted by atomic mass is 19.1. The van der Waals surface area contributed by atoms with E-state index in [0.29, 0.717) is 6.54 Å². The summed E-state index contributed by atoms with van der Waals surface area (Å²) in [5, 5.41) is 0. The maximum absolute atomic E-state index is 12.7. The number of likely N-dealkylation sites (N-methyl/N-ethyl adjacent to an activating group) is 1. The highest BCUT2D eigenvalue weighted by Gasteiger charge is 2.10. The molecule has 1 aromatic carbocycles. The van der Waals surface area contributed by atoms with Crippen molar-refractivity contribution < 1.29 is 4.39 Å². The van der Waals surface area contributed by atoms with Crippen LogP contribution in [-0.2, 0) is 0 Å². The molecule has 0 amide bonds. The van der Waals surface area contributed by atoms with Crippen LogP contribution >= 0.6 is 0 Å². The molecule has 0 aliphatic rings. The maximum atomic E-state index is 12.7. The Labute approximate surface area is 84.5 Å². The van der Waals surface area contributed by atoms with Crippen molar-refractivity contribution in [2.45, 2.75) is 13.0 Å². The van der Waals surface area contributed by atoms with Crippen LogP contribution in [0.25, 0.3) is 0 Å². The molecule has 2 nitrogen and oxygen atoms in total. The monoisotopic (exact) mass is 196 g/mol. The number of rotatable bonds is 4. The van der Waals surface area contributed by atoms with Crippen LogP contribution in [0.2, 0.25) is 0 Å². The summed E-state index contributed by atoms with van der Waals surface area (Å²) in [6.07, 6.45) is 0. The lowest BCUT2D eigenvalue weighted by Gasteiger charge is -2.24. The molecule has 1 atom stereocenters. The van der Waals surface area contributed by atoms with Gasteiger partial charge >= 0.3 is 0 Å². The van der Waals surface area contributed by atoms with E-state index in [1.54, 1.807) is 0 Å². The Morgan fingerprint density at radius 2 is 1.93 bits per heavy atom. The predicted octanol–water partition coefficient (Wildman–Crippen LogP) is 1.78. The fraction of sp³-hybridized carbons (Fsp3) is 0.455. The molecule has 0 aromatic heterocycles. The Kier molecular flexibility index (Phi) is 4.04. The van der Waals surface area contributed by atoms with Gasteiger partial charge in [-0.15, -0.1) is 0 Å². The van der Waals surface area contributed by atoms with Crippen LogP contribution in [0.3, 0.4) is 0 Å². The van der Waals surface area contributed by atoms with Crippen molar-refractivity contribution in [1.82, 2.24) is 4.90 Å². The smallest absolute Gasteiger partial charge is 0.123 e. The summed E-state index contributed by atoms with van der Waals surface area (Å²) in [5.74, 6) is -0.192. The Bertz CT molecular complexity index is 271. The van der Waals surface area contributed by atoms with Gasteiger partial charge in [0, 0.05) is 19.1 Å². The Balaban J connectivity index is 2.68. The molecule has 78 valence electrons. The van der Waals surface area contributed by atoms with Crippen molar-refractivity contribution in [2.75, 3.05) is 20.1 Å². The van der Waals surface area contributed by atoms with Gasteiger partial charge in [0.25, 0.3) is 0 Å². The Morgan fingerprint density at radius 1 is 1.36 bits per heavy atom. The first-order chi connectivity index (χ1) is 6.65. The lowest BCUT2D eigenvalue weighted by molar-refractivity contribution is 0.269. The molecule has 2 N–H and O–H groups in total. The zero-order valence-corrected chi connectivity index (χ0v) is 8.70. The number of nitrogens with zero attached hydrogens (tertiary/aromatic N) is 1. The van der Waals surface area contributed by atoms with E-state index < -0.39 is 0 Å². The van der Waals surface area contributed by atoms with Gasteiger partial charge in [0.2, 0.25) is 0 Å². The lowest BCUT2D eigenvalue weighted by Crippen LogP contribution is -2.28. The summed E-state index contributed by atoms with van der Waals surface area (Å²) in [7, 11) is 2.01. The van der Waals surface area contributed by atoms with Crippen LogP contribution in [0.5, 0.6) is 0 Å². The van der Waals surface area contributed by atoms with Gasteiger partial charge in [0.15, 0.2) is 0 Å². The van der Waals surface area contributed by atoms with Gasteiger partial charge in [-0.1, -0.05) is 12.1 Å². The van der Waals surface area contributed by atoms with E-state index in [2.05, 4.69) is 11.8 Å². The van der Waals surface area contributed by atoms with Crippen molar-refractivity contribution in [1.29, 1.82) is 0 Å². The first kappa shape index (κ1) is 11.1. The summed E-state index contributed by atoms with van der Waals surface area (Å²) in [6, 6.07) is 6.88. The topological polar surface area (TPSA) is 29.3 Å². The summed E-state index contributed by atoms with van der Waals surface area (Å²) in [5.41, 5.74) is 6.58. The average Bonchev–Trinajstić information content (AvgIpc) is 2.18. The number of hydrogen-bond acceptors (Lipinski definition) is 2. The van der Waals surface area contributed by atoms with Crippen molar-refractivity contribution in [3.05, 3.63) is 35.6 Å². The third-order valence-electron chi connectivity index (χ3n) is 2.50. The predicted molar refractivity (Wildman–Crippen MR) is 56.5 cm³/mol. The Hall–Kier alpha value is -0.930. The lowest BCUT2D eigenvalue weighted by atomic mass is 10.1. The third-order valence-corrected chi connectivity index (χ3v) is 2.50. The second-order valence-corrected chi connectivity index (χ2v) is 3.50. The van der Waals surface area contributed by atoms with Crippen LogP contribution in [-0.4, -0.2) is 25.0 Å². The zero-order valence-electron chi connectivity index (χ0n) is 8.70. The van der Waals surface area contributed by atoms with Crippen molar-refractivity contribution in [3.8, 4) is 0 Å². The van der Waals surface area contributed by atoms with Crippen LogP contribution in [0.15, 0.2) is 24.3 Å². The van der Waals surface area contributed by atoms with Crippen LogP contribution in [0.1, 0.15) is 18.5 Å². The first-order valence-corrected chi connectivity index (χ1v) is 4.81. The van der Waals surface area contributed by atoms with Crippen molar-refractivity contribution in [3.63, 3.8) is 0 Å². The summed E-state index contributed by atoms with van der Waals surface area (Å²) in [6.45, 7) is 3.57. The number of nitrogens with two attached hydrogens (primary N) is 1. The molecule has 1 unspecified atom stereocenters. The Morgan fingerprint density at radius 3 is 2.43 bits per heavy atom. The molecule has 1 aromatic rings. The van der Waals surface area contributed by atoms with E-state index in [4.69, 9.17) is 5.73 Å². The van der Waals surface area contributed by atoms with E-state index >= 15 is 0 Å². The van der Waals surface area contributed by atoms with Gasteiger partial charge < -0.3 is 5.73 Å². The summed E-state index contributed by atoms with van der Waals surface area (Å²) in [4.78, 5) is 2.15. The van der Waals surface area contributed by atoms with Gasteiger partial charge in [-0.25, -0.2) is 4.39 Å². The van der Waals surface area contributed by atoms with E-state index in [9.17, 15) is 4.39 Å². The minimum atomic E-state index is -0.192. The molecule has 14 heavy (non-hydrogen) atoms. The van der Waals surface area contributed by atoms with Gasteiger partial charge in [-0.3, -0.25) is 4.90 Å². The van der Waals surface area contributed by atoms with Gasteiger partial charge in [0.1, 0.15) is 5.82 Å². The van der Waals surface area contributed by atoms with Crippen LogP contribution in [0, 0.1) is 5.82 Å². The summed E-state index contributed by atoms with van der Waals surface area (Å²) >= 11 is 0. The molecule has 0 aliphatic carbocycles. The highest BCUT2D eigenvalue weighted by Crippen LogP contribution is 2.18. The minimum absolute atomic E-state index is 0.192. The second kappa shape index (κ2) is 5.08. The minimum Gasteiger partial charge on any atom is -0.329 e. The normalized spacial score (nSPS) is 13.2. The number of hydrogen-bond donors (Lipinski definition) is 1. The molecule has 0 aliphatic heterocycles. The molecular weight excluding hydrogens is 179 g/mol. The quantitative estimate of drug-likeness (QED) is 0.795. The molecule has 0 radical (unpaired) electrons. The molecule has 0 bridgehead atoms. The third kappa shape index (κ3) is 2.79. The molecule has 3 heteroatoms.